The van der Waals surface area contributed by atoms with E-state index >= 15 is 0 Å². The first-order valence-electron chi connectivity index (χ1n) is 11.1. The van der Waals surface area contributed by atoms with Crippen molar-refractivity contribution in [3.8, 4) is 0 Å². The molecule has 0 unspecified atom stereocenters. The fraction of sp³-hybridized carbons (Fsp3) is 0.714. The number of rotatable bonds is 13. The molecule has 1 saturated carbocycles. The predicted octanol–water partition coefficient (Wildman–Crippen LogP) is 3.81. The van der Waals surface area contributed by atoms with Gasteiger partial charge in [0.15, 0.2) is 0 Å². The van der Waals surface area contributed by atoms with Crippen LogP contribution in [0.25, 0.3) is 0 Å². The number of aromatic nitrogens is 1. The monoisotopic (exact) mass is 474 g/mol. The summed E-state index contributed by atoms with van der Waals surface area (Å²) < 4.78 is 35.3. The summed E-state index contributed by atoms with van der Waals surface area (Å²) in [5.74, 6) is 0.499. The maximum atomic E-state index is 13.3. The number of hydrogen-bond donors (Lipinski definition) is 1. The standard InChI is InChI=1S/C21H35FN4O3S2/c22-12-16-25(15-6-1-2-7-17-31(23,27)28)21(30)26(20-10-13-24-14-11-20)29-18-19-8-4-3-5-9-19/h10-11,13-14,19H,1-9,12,15-18H2,(H2,23,27,28). The van der Waals surface area contributed by atoms with Crippen molar-refractivity contribution in [1.29, 1.82) is 0 Å². The summed E-state index contributed by atoms with van der Waals surface area (Å²) in [4.78, 5) is 12.0. The molecule has 2 N–H and O–H groups in total. The normalized spacial score (nSPS) is 15.0. The number of hydrogen-bond acceptors (Lipinski definition) is 5. The number of nitrogens with zero attached hydrogens (tertiary/aromatic N) is 3. The highest BCUT2D eigenvalue weighted by Crippen LogP contribution is 2.25. The highest BCUT2D eigenvalue weighted by atomic mass is 32.2. The summed E-state index contributed by atoms with van der Waals surface area (Å²) >= 11 is 5.70. The van der Waals surface area contributed by atoms with Crippen molar-refractivity contribution in [1.82, 2.24) is 9.88 Å². The lowest BCUT2D eigenvalue weighted by atomic mass is 9.90. The summed E-state index contributed by atoms with van der Waals surface area (Å²) in [5, 5.41) is 7.09. The number of primary sulfonamides is 1. The first kappa shape index (κ1) is 25.9. The number of nitrogens with two attached hydrogens (primary N) is 1. The molecule has 1 heterocycles. The predicted molar refractivity (Wildman–Crippen MR) is 126 cm³/mol. The van der Waals surface area contributed by atoms with Crippen LogP contribution in [-0.4, -0.2) is 55.5 Å². The molecule has 1 aliphatic carbocycles. The average molecular weight is 475 g/mol. The molecule has 1 aromatic heterocycles. The van der Waals surface area contributed by atoms with E-state index in [0.29, 0.717) is 30.6 Å². The van der Waals surface area contributed by atoms with Gasteiger partial charge in [0.2, 0.25) is 15.1 Å². The van der Waals surface area contributed by atoms with Crippen molar-refractivity contribution in [2.45, 2.75) is 57.8 Å². The smallest absolute Gasteiger partial charge is 0.209 e. The van der Waals surface area contributed by atoms with Gasteiger partial charge in [-0.1, -0.05) is 32.1 Å². The van der Waals surface area contributed by atoms with Gasteiger partial charge in [0.05, 0.1) is 18.0 Å². The van der Waals surface area contributed by atoms with Crippen molar-refractivity contribution in [3.05, 3.63) is 24.5 Å². The Morgan fingerprint density at radius 3 is 2.45 bits per heavy atom. The Bertz CT molecular complexity index is 746. The van der Waals surface area contributed by atoms with E-state index < -0.39 is 16.7 Å². The van der Waals surface area contributed by atoms with Gasteiger partial charge < -0.3 is 4.90 Å². The first-order valence-corrected chi connectivity index (χ1v) is 13.2. The zero-order valence-corrected chi connectivity index (χ0v) is 19.8. The molecular formula is C21H35FN4O3S2. The quantitative estimate of drug-likeness (QED) is 0.264. The SMILES string of the molecule is NS(=O)(=O)CCCCCCN(CCF)C(=S)N(OCC1CCCCC1)c1ccncc1. The van der Waals surface area contributed by atoms with Crippen LogP contribution in [0.4, 0.5) is 10.1 Å². The molecule has 1 fully saturated rings. The van der Waals surface area contributed by atoms with Gasteiger partial charge >= 0.3 is 0 Å². The molecule has 0 aromatic carbocycles. The largest absolute Gasteiger partial charge is 0.344 e. The third-order valence-electron chi connectivity index (χ3n) is 5.47. The number of unbranched alkanes of at least 4 members (excludes halogenated alkanes) is 3. The second kappa shape index (κ2) is 13.9. The lowest BCUT2D eigenvalue weighted by Gasteiger charge is -2.33. The van der Waals surface area contributed by atoms with Gasteiger partial charge in [0.25, 0.3) is 0 Å². The average Bonchev–Trinajstić information content (AvgIpc) is 2.76. The van der Waals surface area contributed by atoms with Crippen LogP contribution in [0.2, 0.25) is 0 Å². The molecule has 0 saturated heterocycles. The van der Waals surface area contributed by atoms with Gasteiger partial charge in [-0.2, -0.15) is 5.06 Å². The molecule has 1 aromatic rings. The molecule has 2 rings (SSSR count). The lowest BCUT2D eigenvalue weighted by molar-refractivity contribution is 0.0864. The van der Waals surface area contributed by atoms with Crippen LogP contribution < -0.4 is 10.2 Å². The van der Waals surface area contributed by atoms with Gasteiger partial charge in [-0.3, -0.25) is 9.82 Å². The van der Waals surface area contributed by atoms with Crippen LogP contribution in [0.3, 0.4) is 0 Å². The van der Waals surface area contributed by atoms with E-state index in [-0.39, 0.29) is 12.3 Å². The van der Waals surface area contributed by atoms with Crippen LogP contribution >= 0.6 is 12.2 Å². The number of hydroxylamine groups is 1. The zero-order chi connectivity index (χ0) is 22.5. The van der Waals surface area contributed by atoms with Crippen molar-refractivity contribution in [3.63, 3.8) is 0 Å². The lowest BCUT2D eigenvalue weighted by Crippen LogP contribution is -2.45. The van der Waals surface area contributed by atoms with Crippen molar-refractivity contribution in [2.75, 3.05) is 37.2 Å². The van der Waals surface area contributed by atoms with E-state index in [0.717, 1.165) is 37.8 Å². The number of pyridine rings is 1. The highest BCUT2D eigenvalue weighted by molar-refractivity contribution is 7.89. The summed E-state index contributed by atoms with van der Waals surface area (Å²) in [6.45, 7) is 0.828. The Morgan fingerprint density at radius 1 is 1.13 bits per heavy atom. The molecule has 7 nitrogen and oxygen atoms in total. The van der Waals surface area contributed by atoms with Crippen LogP contribution in [0, 0.1) is 5.92 Å². The fourth-order valence-electron chi connectivity index (χ4n) is 3.75. The minimum atomic E-state index is -3.42. The summed E-state index contributed by atoms with van der Waals surface area (Å²) in [6, 6.07) is 3.65. The molecule has 0 bridgehead atoms. The maximum absolute atomic E-state index is 13.3. The number of anilines is 1. The fourth-order valence-corrected chi connectivity index (χ4v) is 4.69. The Morgan fingerprint density at radius 2 is 1.81 bits per heavy atom. The summed E-state index contributed by atoms with van der Waals surface area (Å²) in [7, 11) is -3.42. The van der Waals surface area contributed by atoms with Crippen LogP contribution in [0.15, 0.2) is 24.5 Å². The van der Waals surface area contributed by atoms with E-state index in [1.54, 1.807) is 17.5 Å². The first-order chi connectivity index (χ1) is 14.9. The number of alkyl halides is 1. The van der Waals surface area contributed by atoms with Crippen LogP contribution in [-0.2, 0) is 14.9 Å². The van der Waals surface area contributed by atoms with Crippen molar-refractivity contribution in [2.24, 2.45) is 11.1 Å². The van der Waals surface area contributed by atoms with Gasteiger partial charge in [0.1, 0.15) is 6.67 Å². The van der Waals surface area contributed by atoms with Gasteiger partial charge in [0, 0.05) is 25.5 Å². The molecule has 0 aliphatic heterocycles. The Balaban J connectivity index is 1.94. The molecule has 31 heavy (non-hydrogen) atoms. The van der Waals surface area contributed by atoms with E-state index in [4.69, 9.17) is 22.2 Å². The summed E-state index contributed by atoms with van der Waals surface area (Å²) in [6.07, 6.45) is 12.3. The zero-order valence-electron chi connectivity index (χ0n) is 18.1. The summed E-state index contributed by atoms with van der Waals surface area (Å²) in [5.41, 5.74) is 0.771. The number of thiocarbonyl (C=S) groups is 1. The Hall–Kier alpha value is -1.36. The third kappa shape index (κ3) is 10.2. The van der Waals surface area contributed by atoms with E-state index in [1.165, 1.54) is 19.3 Å². The highest BCUT2D eigenvalue weighted by Gasteiger charge is 2.22. The molecule has 176 valence electrons. The van der Waals surface area contributed by atoms with E-state index in [2.05, 4.69) is 4.98 Å². The topological polar surface area (TPSA) is 88.8 Å². The van der Waals surface area contributed by atoms with Crippen molar-refractivity contribution < 1.29 is 17.6 Å². The van der Waals surface area contributed by atoms with E-state index in [9.17, 15) is 12.8 Å². The Labute approximate surface area is 191 Å². The van der Waals surface area contributed by atoms with Crippen LogP contribution in [0.1, 0.15) is 57.8 Å². The molecular weight excluding hydrogens is 439 g/mol. The van der Waals surface area contributed by atoms with Gasteiger partial charge in [-0.15, -0.1) is 0 Å². The second-order valence-electron chi connectivity index (χ2n) is 8.04. The second-order valence-corrected chi connectivity index (χ2v) is 10.1. The maximum Gasteiger partial charge on any atom is 0.209 e. The number of sulfonamides is 1. The van der Waals surface area contributed by atoms with Crippen LogP contribution in [0.5, 0.6) is 0 Å². The Kier molecular flexibility index (Phi) is 11.6. The third-order valence-corrected chi connectivity index (χ3v) is 6.75. The molecule has 0 atom stereocenters. The minimum absolute atomic E-state index is 0.00949. The molecule has 1 aliphatic rings. The van der Waals surface area contributed by atoms with Gasteiger partial charge in [-0.05, 0) is 56.0 Å². The molecule has 0 amide bonds. The van der Waals surface area contributed by atoms with Gasteiger partial charge in [-0.25, -0.2) is 17.9 Å². The van der Waals surface area contributed by atoms with Crippen molar-refractivity contribution >= 4 is 33.0 Å². The van der Waals surface area contributed by atoms with E-state index in [1.807, 2.05) is 17.0 Å². The number of halogens is 1. The molecule has 0 radical (unpaired) electrons. The molecule has 0 spiro atoms. The molecule has 10 heteroatoms. The minimum Gasteiger partial charge on any atom is -0.344 e.